The Morgan fingerprint density at radius 2 is 1.58 bits per heavy atom. The van der Waals surface area contributed by atoms with Crippen molar-refractivity contribution in [1.82, 2.24) is 20.5 Å². The number of unbranched alkanes of at least 4 members (excludes halogenated alkanes) is 1. The summed E-state index contributed by atoms with van der Waals surface area (Å²) in [5, 5.41) is 16.4. The molecule has 1 saturated heterocycles. The van der Waals surface area contributed by atoms with Crippen molar-refractivity contribution < 1.29 is 24.3 Å². The van der Waals surface area contributed by atoms with Crippen LogP contribution in [-0.4, -0.2) is 63.4 Å². The zero-order valence-electron chi connectivity index (χ0n) is 31.5. The van der Waals surface area contributed by atoms with Crippen LogP contribution in [0.4, 0.5) is 0 Å². The molecule has 0 saturated carbocycles. The van der Waals surface area contributed by atoms with E-state index < -0.39 is 23.6 Å². The van der Waals surface area contributed by atoms with Gasteiger partial charge in [0.1, 0.15) is 12.1 Å². The maximum Gasteiger partial charge on any atom is 0.246 e. The number of carbonyl (C=O) groups excluding carboxylic acids is 4. The van der Waals surface area contributed by atoms with Gasteiger partial charge >= 0.3 is 0 Å². The molecule has 5 N–H and O–H groups in total. The number of rotatable bonds is 18. The minimum Gasteiger partial charge on any atom is -0.391 e. The first kappa shape index (κ1) is 40.7. The number of aliphatic hydroxyl groups excluding tert-OH is 1. The molecule has 0 bridgehead atoms. The smallest absolute Gasteiger partial charge is 0.246 e. The molecule has 2 heterocycles. The molecule has 0 spiro atoms. The number of aromatic nitrogens is 1. The Morgan fingerprint density at radius 1 is 0.942 bits per heavy atom. The number of primary amides is 1. The van der Waals surface area contributed by atoms with Crippen molar-refractivity contribution in [3.8, 4) is 10.4 Å². The first-order valence-electron chi connectivity index (χ1n) is 18.6. The highest BCUT2D eigenvalue weighted by Crippen LogP contribution is 2.28. The van der Waals surface area contributed by atoms with Gasteiger partial charge in [0.25, 0.3) is 0 Å². The predicted octanol–water partition coefficient (Wildman–Crippen LogP) is 5.86. The SMILES string of the molecule is Cc1ncsc1-c1ccc(CNC(=O)[C@@H]2C[C@@H](O)CN2C(=O)[C@@H](NC(=O)CCCCc2ccc(CCC[C@@H](C)CCC(N)=O)cc2)C(C)(C)C)cc1. The molecule has 4 atom stereocenters. The highest BCUT2D eigenvalue weighted by molar-refractivity contribution is 7.13. The molecule has 2 aromatic carbocycles. The van der Waals surface area contributed by atoms with E-state index in [4.69, 9.17) is 5.73 Å². The van der Waals surface area contributed by atoms with Gasteiger partial charge in [-0.15, -0.1) is 11.3 Å². The van der Waals surface area contributed by atoms with E-state index >= 15 is 0 Å². The molecule has 11 heteroatoms. The fraction of sp³-hybridized carbons (Fsp3) is 0.537. The van der Waals surface area contributed by atoms with Crippen molar-refractivity contribution in [3.05, 3.63) is 76.4 Å². The number of nitrogens with one attached hydrogen (secondary N) is 2. The van der Waals surface area contributed by atoms with Crippen molar-refractivity contribution in [1.29, 1.82) is 0 Å². The zero-order chi connectivity index (χ0) is 37.8. The van der Waals surface area contributed by atoms with Crippen LogP contribution >= 0.6 is 11.3 Å². The average Bonchev–Trinajstić information content (AvgIpc) is 3.72. The molecule has 0 aliphatic carbocycles. The van der Waals surface area contributed by atoms with E-state index in [-0.39, 0.29) is 36.6 Å². The van der Waals surface area contributed by atoms with Crippen LogP contribution in [-0.2, 0) is 38.6 Å². The number of hydrogen-bond donors (Lipinski definition) is 4. The summed E-state index contributed by atoms with van der Waals surface area (Å²) in [5.41, 5.74) is 12.0. The van der Waals surface area contributed by atoms with Crippen LogP contribution in [0.15, 0.2) is 54.0 Å². The number of amides is 4. The van der Waals surface area contributed by atoms with E-state index in [1.165, 1.54) is 16.0 Å². The molecule has 1 aromatic heterocycles. The molecular weight excluding hydrogens is 675 g/mol. The van der Waals surface area contributed by atoms with Crippen LogP contribution in [0.2, 0.25) is 0 Å². The number of thiazole rings is 1. The predicted molar refractivity (Wildman–Crippen MR) is 206 cm³/mol. The molecule has 1 fully saturated rings. The molecule has 1 aliphatic heterocycles. The van der Waals surface area contributed by atoms with E-state index in [9.17, 15) is 24.3 Å². The highest BCUT2D eigenvalue weighted by atomic mass is 32.1. The summed E-state index contributed by atoms with van der Waals surface area (Å²) in [7, 11) is 0. The largest absolute Gasteiger partial charge is 0.391 e. The first-order valence-corrected chi connectivity index (χ1v) is 19.5. The number of carbonyl (C=O) groups is 4. The van der Waals surface area contributed by atoms with Crippen LogP contribution in [0.3, 0.4) is 0 Å². The molecule has 3 aromatic rings. The lowest BCUT2D eigenvalue weighted by atomic mass is 9.85. The fourth-order valence-corrected chi connectivity index (χ4v) is 7.50. The third kappa shape index (κ3) is 12.3. The van der Waals surface area contributed by atoms with E-state index in [0.29, 0.717) is 31.7 Å². The lowest BCUT2D eigenvalue weighted by Crippen LogP contribution is -2.57. The molecule has 0 radical (unpaired) electrons. The number of aliphatic hydroxyl groups is 1. The third-order valence-corrected chi connectivity index (χ3v) is 10.9. The second kappa shape index (κ2) is 19.1. The summed E-state index contributed by atoms with van der Waals surface area (Å²) in [5.74, 6) is -0.642. The number of benzene rings is 2. The summed E-state index contributed by atoms with van der Waals surface area (Å²) >= 11 is 1.59. The average molecular weight is 732 g/mol. The lowest BCUT2D eigenvalue weighted by Gasteiger charge is -2.35. The summed E-state index contributed by atoms with van der Waals surface area (Å²) < 4.78 is 0. The van der Waals surface area contributed by atoms with Crippen LogP contribution in [0.25, 0.3) is 10.4 Å². The zero-order valence-corrected chi connectivity index (χ0v) is 32.3. The van der Waals surface area contributed by atoms with Gasteiger partial charge in [0.05, 0.1) is 22.2 Å². The first-order chi connectivity index (χ1) is 24.7. The highest BCUT2D eigenvalue weighted by Gasteiger charge is 2.44. The van der Waals surface area contributed by atoms with Crippen molar-refractivity contribution in [3.63, 3.8) is 0 Å². The second-order valence-electron chi connectivity index (χ2n) is 15.5. The van der Waals surface area contributed by atoms with Crippen molar-refractivity contribution in [2.75, 3.05) is 6.54 Å². The quantitative estimate of drug-likeness (QED) is 0.120. The van der Waals surface area contributed by atoms with E-state index in [1.807, 2.05) is 57.5 Å². The topological polar surface area (TPSA) is 155 Å². The standard InChI is InChI=1S/C41H57N5O5S/c1-27(13-22-35(42)48)9-8-11-30-16-14-29(15-17-30)10-6-7-12-36(49)45-38(41(3,4)5)40(51)46-25-33(47)23-34(46)39(50)43-24-31-18-20-32(21-19-31)37-28(2)44-26-52-37/h14-21,26-27,33-34,38,47H,6-13,22-25H2,1-5H3,(H2,42,48)(H,43,50)(H,45,49)/t27-,33-,34+,38-/m1/s1. The minimum atomic E-state index is -0.845. The van der Waals surface area contributed by atoms with Crippen LogP contribution < -0.4 is 16.4 Å². The Balaban J connectivity index is 1.23. The molecule has 10 nitrogen and oxygen atoms in total. The fourth-order valence-electron chi connectivity index (χ4n) is 6.69. The van der Waals surface area contributed by atoms with Gasteiger partial charge in [-0.25, -0.2) is 4.98 Å². The van der Waals surface area contributed by atoms with Gasteiger partial charge in [-0.2, -0.15) is 0 Å². The Bertz CT molecular complexity index is 1630. The van der Waals surface area contributed by atoms with Gasteiger partial charge in [0, 0.05) is 32.4 Å². The minimum absolute atomic E-state index is 0.0388. The molecular formula is C41H57N5O5S. The maximum absolute atomic E-state index is 13.9. The van der Waals surface area contributed by atoms with E-state index in [1.54, 1.807) is 11.3 Å². The normalized spacial score (nSPS) is 17.1. The van der Waals surface area contributed by atoms with Crippen molar-refractivity contribution in [2.45, 2.75) is 124 Å². The Morgan fingerprint density at radius 3 is 2.17 bits per heavy atom. The van der Waals surface area contributed by atoms with Gasteiger partial charge < -0.3 is 26.4 Å². The van der Waals surface area contributed by atoms with Crippen LogP contribution in [0.5, 0.6) is 0 Å². The van der Waals surface area contributed by atoms with Crippen molar-refractivity contribution >= 4 is 35.0 Å². The Labute approximate surface area is 313 Å². The monoisotopic (exact) mass is 731 g/mol. The van der Waals surface area contributed by atoms with Gasteiger partial charge in [-0.05, 0) is 79.0 Å². The van der Waals surface area contributed by atoms with E-state index in [2.05, 4.69) is 46.8 Å². The molecule has 0 unspecified atom stereocenters. The summed E-state index contributed by atoms with van der Waals surface area (Å²) in [4.78, 5) is 58.3. The molecule has 282 valence electrons. The number of β-amino-alcohol motifs (C(OH)–C–C–N with tert-alkyl or cyclic N) is 1. The third-order valence-electron chi connectivity index (χ3n) is 9.90. The number of nitrogens with two attached hydrogens (primary N) is 1. The maximum atomic E-state index is 13.9. The number of aryl methyl sites for hydroxylation is 3. The van der Waals surface area contributed by atoms with Crippen LogP contribution in [0.1, 0.15) is 101 Å². The van der Waals surface area contributed by atoms with Crippen LogP contribution in [0, 0.1) is 18.3 Å². The Kier molecular flexibility index (Phi) is 15.0. The Hall–Kier alpha value is -4.09. The second-order valence-corrected chi connectivity index (χ2v) is 16.3. The summed E-state index contributed by atoms with van der Waals surface area (Å²) in [6.45, 7) is 10.1. The van der Waals surface area contributed by atoms with Gasteiger partial charge in [-0.1, -0.05) is 82.6 Å². The van der Waals surface area contributed by atoms with Gasteiger partial charge in [0.2, 0.25) is 23.6 Å². The number of likely N-dealkylation sites (tertiary alicyclic amines) is 1. The molecule has 4 rings (SSSR count). The summed E-state index contributed by atoms with van der Waals surface area (Å²) in [6.07, 6.45) is 6.42. The van der Waals surface area contributed by atoms with Crippen molar-refractivity contribution in [2.24, 2.45) is 17.1 Å². The molecule has 1 aliphatic rings. The van der Waals surface area contributed by atoms with Gasteiger partial charge in [-0.3, -0.25) is 19.2 Å². The number of nitrogens with zero attached hydrogens (tertiary/aromatic N) is 2. The molecule has 52 heavy (non-hydrogen) atoms. The summed E-state index contributed by atoms with van der Waals surface area (Å²) in [6, 6.07) is 14.9. The van der Waals surface area contributed by atoms with E-state index in [0.717, 1.165) is 60.2 Å². The van der Waals surface area contributed by atoms with Gasteiger partial charge in [0.15, 0.2) is 0 Å². The lowest BCUT2D eigenvalue weighted by molar-refractivity contribution is -0.144. The molecule has 4 amide bonds. The number of hydrogen-bond acceptors (Lipinski definition) is 7.